The molecule has 0 aliphatic heterocycles. The smallest absolute Gasteiger partial charge is 0.225 e. The number of nitrogens with zero attached hydrogens (tertiary/aromatic N) is 1. The molecular weight excluding hydrogens is 364 g/mol. The highest BCUT2D eigenvalue weighted by atomic mass is 32.2. The molecule has 0 saturated carbocycles. The first-order valence-corrected chi connectivity index (χ1v) is 10.6. The number of hydrogen-bond acceptors (Lipinski definition) is 4. The van der Waals surface area contributed by atoms with Gasteiger partial charge in [-0.1, -0.05) is 30.3 Å². The predicted octanol–water partition coefficient (Wildman–Crippen LogP) is 2.84. The Balaban J connectivity index is 1.92. The van der Waals surface area contributed by atoms with Gasteiger partial charge in [0.1, 0.15) is 5.75 Å². The molecular formula is C20H26N2O4S. The Morgan fingerprint density at radius 2 is 1.74 bits per heavy atom. The summed E-state index contributed by atoms with van der Waals surface area (Å²) in [5, 5.41) is 2.83. The number of carbonyl (C=O) groups excluding carboxylic acids is 1. The van der Waals surface area contributed by atoms with Crippen LogP contribution in [-0.4, -0.2) is 45.1 Å². The van der Waals surface area contributed by atoms with Gasteiger partial charge in [0.15, 0.2) is 0 Å². The van der Waals surface area contributed by atoms with Crippen molar-refractivity contribution in [2.24, 2.45) is 0 Å². The van der Waals surface area contributed by atoms with Crippen LogP contribution in [0.15, 0.2) is 48.5 Å². The van der Waals surface area contributed by atoms with Crippen molar-refractivity contribution in [1.82, 2.24) is 4.31 Å². The number of methoxy groups -OCH3 is 1. The van der Waals surface area contributed by atoms with E-state index in [2.05, 4.69) is 5.32 Å². The molecule has 0 saturated heterocycles. The van der Waals surface area contributed by atoms with Crippen molar-refractivity contribution < 1.29 is 17.9 Å². The topological polar surface area (TPSA) is 75.7 Å². The molecule has 1 amide bonds. The Hall–Kier alpha value is -2.38. The first-order chi connectivity index (χ1) is 12.8. The van der Waals surface area contributed by atoms with Gasteiger partial charge in [0.05, 0.1) is 13.4 Å². The van der Waals surface area contributed by atoms with Crippen LogP contribution in [0.5, 0.6) is 5.75 Å². The second-order valence-corrected chi connectivity index (χ2v) is 8.36. The van der Waals surface area contributed by atoms with Crippen molar-refractivity contribution in [2.45, 2.75) is 19.8 Å². The minimum absolute atomic E-state index is 0.101. The maximum atomic E-state index is 12.2. The Kier molecular flexibility index (Phi) is 7.38. The Morgan fingerprint density at radius 3 is 2.33 bits per heavy atom. The number of amides is 1. The van der Waals surface area contributed by atoms with E-state index in [4.69, 9.17) is 4.74 Å². The Bertz CT molecular complexity index is 864. The van der Waals surface area contributed by atoms with E-state index in [1.807, 2.05) is 55.5 Å². The number of carbonyl (C=O) groups is 1. The summed E-state index contributed by atoms with van der Waals surface area (Å²) in [5.74, 6) is 0.550. The van der Waals surface area contributed by atoms with Gasteiger partial charge < -0.3 is 10.1 Å². The summed E-state index contributed by atoms with van der Waals surface area (Å²) in [6, 6.07) is 15.0. The number of benzene rings is 2. The number of ether oxygens (including phenoxy) is 1. The average molecular weight is 391 g/mol. The zero-order valence-corrected chi connectivity index (χ0v) is 16.8. The van der Waals surface area contributed by atoms with Crippen molar-refractivity contribution in [3.63, 3.8) is 0 Å². The molecule has 0 aliphatic rings. The molecule has 7 heteroatoms. The highest BCUT2D eigenvalue weighted by Gasteiger charge is 2.18. The molecule has 1 N–H and O–H groups in total. The number of anilines is 1. The number of para-hydroxylation sites is 1. The standard InChI is InChI=1S/C20H26N2O4S/c1-16-6-4-5-7-19(16)21-20(23)13-15-22(27(3,24)25)14-12-17-8-10-18(26-2)11-9-17/h4-11H,12-15H2,1-3H3,(H,21,23). The Morgan fingerprint density at radius 1 is 1.07 bits per heavy atom. The van der Waals surface area contributed by atoms with E-state index in [1.54, 1.807) is 7.11 Å². The van der Waals surface area contributed by atoms with E-state index in [0.29, 0.717) is 13.0 Å². The molecule has 0 spiro atoms. The molecule has 0 aliphatic carbocycles. The number of sulfonamides is 1. The van der Waals surface area contributed by atoms with Gasteiger partial charge in [-0.15, -0.1) is 0 Å². The lowest BCUT2D eigenvalue weighted by Crippen LogP contribution is -2.34. The van der Waals surface area contributed by atoms with E-state index >= 15 is 0 Å². The van der Waals surface area contributed by atoms with E-state index < -0.39 is 10.0 Å². The van der Waals surface area contributed by atoms with Gasteiger partial charge in [-0.05, 0) is 42.7 Å². The fourth-order valence-corrected chi connectivity index (χ4v) is 3.49. The molecule has 0 fully saturated rings. The first kappa shape index (κ1) is 20.9. The summed E-state index contributed by atoms with van der Waals surface area (Å²) in [6.45, 7) is 2.38. The minimum atomic E-state index is -3.40. The van der Waals surface area contributed by atoms with Crippen LogP contribution in [0.2, 0.25) is 0 Å². The average Bonchev–Trinajstić information content (AvgIpc) is 2.63. The van der Waals surface area contributed by atoms with Crippen LogP contribution in [0, 0.1) is 6.92 Å². The molecule has 0 bridgehead atoms. The molecule has 2 rings (SSSR count). The molecule has 6 nitrogen and oxygen atoms in total. The maximum absolute atomic E-state index is 12.2. The summed E-state index contributed by atoms with van der Waals surface area (Å²) in [5.41, 5.74) is 2.71. The number of rotatable bonds is 9. The van der Waals surface area contributed by atoms with E-state index in [1.165, 1.54) is 10.6 Å². The van der Waals surface area contributed by atoms with Crippen LogP contribution >= 0.6 is 0 Å². The van der Waals surface area contributed by atoms with Gasteiger partial charge in [-0.2, -0.15) is 0 Å². The lowest BCUT2D eigenvalue weighted by atomic mass is 10.1. The van der Waals surface area contributed by atoms with Crippen LogP contribution < -0.4 is 10.1 Å². The lowest BCUT2D eigenvalue weighted by molar-refractivity contribution is -0.116. The molecule has 0 unspecified atom stereocenters. The fourth-order valence-electron chi connectivity index (χ4n) is 2.64. The molecule has 0 radical (unpaired) electrons. The van der Waals surface area contributed by atoms with Crippen molar-refractivity contribution in [2.75, 3.05) is 31.8 Å². The highest BCUT2D eigenvalue weighted by molar-refractivity contribution is 7.88. The number of nitrogens with one attached hydrogen (secondary N) is 1. The minimum Gasteiger partial charge on any atom is -0.497 e. The highest BCUT2D eigenvalue weighted by Crippen LogP contribution is 2.15. The number of aryl methyl sites for hydroxylation is 1. The van der Waals surface area contributed by atoms with Crippen LogP contribution in [-0.2, 0) is 21.2 Å². The van der Waals surface area contributed by atoms with Gasteiger partial charge in [-0.3, -0.25) is 4.79 Å². The predicted molar refractivity (Wildman–Crippen MR) is 108 cm³/mol. The van der Waals surface area contributed by atoms with Crippen LogP contribution in [0.1, 0.15) is 17.5 Å². The van der Waals surface area contributed by atoms with Crippen molar-refractivity contribution in [3.05, 3.63) is 59.7 Å². The molecule has 2 aromatic carbocycles. The van der Waals surface area contributed by atoms with Crippen molar-refractivity contribution >= 4 is 21.6 Å². The quantitative estimate of drug-likeness (QED) is 0.714. The van der Waals surface area contributed by atoms with Crippen molar-refractivity contribution in [3.8, 4) is 5.75 Å². The van der Waals surface area contributed by atoms with E-state index in [0.717, 1.165) is 22.6 Å². The number of hydrogen-bond donors (Lipinski definition) is 1. The van der Waals surface area contributed by atoms with Gasteiger partial charge in [0.2, 0.25) is 15.9 Å². The third-order valence-corrected chi connectivity index (χ3v) is 5.59. The van der Waals surface area contributed by atoms with E-state index in [9.17, 15) is 13.2 Å². The third-order valence-electron chi connectivity index (χ3n) is 4.29. The summed E-state index contributed by atoms with van der Waals surface area (Å²) < 4.78 is 30.6. The van der Waals surface area contributed by atoms with Gasteiger partial charge in [0.25, 0.3) is 0 Å². The zero-order chi connectivity index (χ0) is 19.9. The summed E-state index contributed by atoms with van der Waals surface area (Å²) in [6.07, 6.45) is 1.83. The van der Waals surface area contributed by atoms with Gasteiger partial charge >= 0.3 is 0 Å². The van der Waals surface area contributed by atoms with E-state index in [-0.39, 0.29) is 18.9 Å². The lowest BCUT2D eigenvalue weighted by Gasteiger charge is -2.20. The van der Waals surface area contributed by atoms with Crippen LogP contribution in [0.25, 0.3) is 0 Å². The maximum Gasteiger partial charge on any atom is 0.225 e. The largest absolute Gasteiger partial charge is 0.497 e. The monoisotopic (exact) mass is 390 g/mol. The zero-order valence-electron chi connectivity index (χ0n) is 15.9. The summed E-state index contributed by atoms with van der Waals surface area (Å²) >= 11 is 0. The fraction of sp³-hybridized carbons (Fsp3) is 0.350. The van der Waals surface area contributed by atoms with Crippen LogP contribution in [0.3, 0.4) is 0 Å². The molecule has 2 aromatic rings. The second-order valence-electron chi connectivity index (χ2n) is 6.37. The summed E-state index contributed by atoms with van der Waals surface area (Å²) in [7, 11) is -1.80. The molecule has 146 valence electrons. The molecule has 0 aromatic heterocycles. The van der Waals surface area contributed by atoms with Gasteiger partial charge in [0, 0.05) is 25.2 Å². The first-order valence-electron chi connectivity index (χ1n) is 8.73. The molecule has 0 heterocycles. The Labute approximate surface area is 161 Å². The van der Waals surface area contributed by atoms with Crippen molar-refractivity contribution in [1.29, 1.82) is 0 Å². The van der Waals surface area contributed by atoms with Gasteiger partial charge in [-0.25, -0.2) is 12.7 Å². The summed E-state index contributed by atoms with van der Waals surface area (Å²) in [4.78, 5) is 12.2. The second kappa shape index (κ2) is 9.53. The van der Waals surface area contributed by atoms with Crippen LogP contribution in [0.4, 0.5) is 5.69 Å². The molecule has 0 atom stereocenters. The molecule has 27 heavy (non-hydrogen) atoms. The third kappa shape index (κ3) is 6.69. The SMILES string of the molecule is COc1ccc(CCN(CCC(=O)Nc2ccccc2C)S(C)(=O)=O)cc1. The normalized spacial score (nSPS) is 11.4.